The van der Waals surface area contributed by atoms with E-state index >= 15 is 0 Å². The third-order valence-electron chi connectivity index (χ3n) is 3.10. The number of hydrogen-bond acceptors (Lipinski definition) is 3. The quantitative estimate of drug-likeness (QED) is 0.823. The second-order valence-electron chi connectivity index (χ2n) is 6.16. The Kier molecular flexibility index (Phi) is 6.12. The van der Waals surface area contributed by atoms with Crippen molar-refractivity contribution >= 4 is 12.0 Å². The monoisotopic (exact) mass is 270 g/mol. The molecular formula is C14H26N2O3. The van der Waals surface area contributed by atoms with Gasteiger partial charge in [-0.25, -0.2) is 4.79 Å². The Bertz CT molecular complexity index is 304. The zero-order valence-corrected chi connectivity index (χ0v) is 12.3. The van der Waals surface area contributed by atoms with Crippen LogP contribution >= 0.6 is 0 Å². The molecule has 1 saturated carbocycles. The second-order valence-corrected chi connectivity index (χ2v) is 6.16. The smallest absolute Gasteiger partial charge is 0.408 e. The molecule has 0 atom stereocenters. The summed E-state index contributed by atoms with van der Waals surface area (Å²) >= 11 is 0. The predicted octanol–water partition coefficient (Wildman–Crippen LogP) is 2.21. The Morgan fingerprint density at radius 3 is 2.32 bits per heavy atom. The number of amides is 2. The molecule has 0 aromatic heterocycles. The van der Waals surface area contributed by atoms with Crippen LogP contribution in [0, 0.1) is 5.92 Å². The third kappa shape index (κ3) is 7.70. The highest BCUT2D eigenvalue weighted by atomic mass is 16.6. The highest BCUT2D eigenvalue weighted by molar-refractivity contribution is 5.82. The summed E-state index contributed by atoms with van der Waals surface area (Å²) in [7, 11) is 0. The first-order chi connectivity index (χ1) is 8.87. The molecule has 2 N–H and O–H groups in total. The number of alkyl carbamates (subject to hydrolysis) is 1. The number of rotatable bonds is 4. The lowest BCUT2D eigenvalue weighted by molar-refractivity contribution is -0.120. The molecule has 1 fully saturated rings. The summed E-state index contributed by atoms with van der Waals surface area (Å²) in [6.07, 6.45) is 5.66. The number of hydrogen-bond donors (Lipinski definition) is 2. The number of carbonyl (C=O) groups is 2. The molecule has 19 heavy (non-hydrogen) atoms. The molecule has 0 bridgehead atoms. The van der Waals surface area contributed by atoms with Crippen LogP contribution in [-0.4, -0.2) is 30.7 Å². The van der Waals surface area contributed by atoms with Gasteiger partial charge in [-0.2, -0.15) is 0 Å². The summed E-state index contributed by atoms with van der Waals surface area (Å²) < 4.78 is 5.05. The van der Waals surface area contributed by atoms with Gasteiger partial charge in [-0.05, 0) is 39.5 Å². The van der Waals surface area contributed by atoms with Gasteiger partial charge in [0.1, 0.15) is 5.60 Å². The third-order valence-corrected chi connectivity index (χ3v) is 3.10. The Morgan fingerprint density at radius 1 is 1.11 bits per heavy atom. The van der Waals surface area contributed by atoms with Gasteiger partial charge in [0.15, 0.2) is 0 Å². The van der Waals surface area contributed by atoms with Crippen molar-refractivity contribution in [3.63, 3.8) is 0 Å². The first-order valence-corrected chi connectivity index (χ1v) is 7.10. The van der Waals surface area contributed by atoms with Crippen LogP contribution in [0.4, 0.5) is 4.79 Å². The van der Waals surface area contributed by atoms with Crippen LogP contribution in [0.1, 0.15) is 52.9 Å². The Labute approximate surface area is 115 Å². The number of carbonyl (C=O) groups excluding carboxylic acids is 2. The minimum Gasteiger partial charge on any atom is -0.444 e. The lowest BCUT2D eigenvalue weighted by Gasteiger charge is -2.22. The summed E-state index contributed by atoms with van der Waals surface area (Å²) in [5.41, 5.74) is -0.539. The van der Waals surface area contributed by atoms with Crippen molar-refractivity contribution in [1.29, 1.82) is 0 Å². The fraction of sp³-hybridized carbons (Fsp3) is 0.857. The molecule has 1 rings (SSSR count). The molecule has 0 aliphatic heterocycles. The van der Waals surface area contributed by atoms with Crippen molar-refractivity contribution in [3.05, 3.63) is 0 Å². The van der Waals surface area contributed by atoms with Gasteiger partial charge in [-0.1, -0.05) is 19.3 Å². The molecule has 2 amide bonds. The van der Waals surface area contributed by atoms with Gasteiger partial charge in [-0.15, -0.1) is 0 Å². The first kappa shape index (κ1) is 15.8. The molecular weight excluding hydrogens is 244 g/mol. The molecule has 0 aromatic rings. The highest BCUT2D eigenvalue weighted by Crippen LogP contribution is 2.22. The van der Waals surface area contributed by atoms with E-state index in [1.54, 1.807) is 20.8 Å². The van der Waals surface area contributed by atoms with Gasteiger partial charge in [0.2, 0.25) is 5.91 Å². The second kappa shape index (κ2) is 7.36. The van der Waals surface area contributed by atoms with Crippen molar-refractivity contribution < 1.29 is 14.3 Å². The van der Waals surface area contributed by atoms with E-state index in [1.165, 1.54) is 32.1 Å². The number of ether oxygens (including phenoxy) is 1. The van der Waals surface area contributed by atoms with E-state index in [1.807, 2.05) is 0 Å². The summed E-state index contributed by atoms with van der Waals surface area (Å²) in [6, 6.07) is 0. The van der Waals surface area contributed by atoms with Crippen LogP contribution in [0.15, 0.2) is 0 Å². The first-order valence-electron chi connectivity index (χ1n) is 7.10. The van der Waals surface area contributed by atoms with E-state index in [0.717, 1.165) is 6.54 Å². The van der Waals surface area contributed by atoms with Crippen LogP contribution in [0.3, 0.4) is 0 Å². The van der Waals surface area contributed by atoms with Crippen LogP contribution < -0.4 is 10.6 Å². The van der Waals surface area contributed by atoms with Crippen molar-refractivity contribution in [2.45, 2.75) is 58.5 Å². The van der Waals surface area contributed by atoms with Crippen LogP contribution in [0.25, 0.3) is 0 Å². The molecule has 1 aliphatic carbocycles. The van der Waals surface area contributed by atoms with E-state index in [-0.39, 0.29) is 12.5 Å². The van der Waals surface area contributed by atoms with Gasteiger partial charge in [0.25, 0.3) is 0 Å². The van der Waals surface area contributed by atoms with Crippen molar-refractivity contribution in [2.24, 2.45) is 5.92 Å². The molecule has 0 radical (unpaired) electrons. The summed E-state index contributed by atoms with van der Waals surface area (Å²) in [6.45, 7) is 6.05. The zero-order chi connectivity index (χ0) is 14.3. The SMILES string of the molecule is CC(C)(C)OC(=O)NCC(=O)NCC1CCCCC1. The molecule has 0 unspecified atom stereocenters. The molecule has 1 aliphatic rings. The summed E-state index contributed by atoms with van der Waals surface area (Å²) in [5, 5.41) is 5.31. The average Bonchev–Trinajstić information content (AvgIpc) is 2.33. The number of nitrogens with one attached hydrogen (secondary N) is 2. The fourth-order valence-corrected chi connectivity index (χ4v) is 2.18. The van der Waals surface area contributed by atoms with Gasteiger partial charge in [-0.3, -0.25) is 4.79 Å². The minimum atomic E-state index is -0.555. The maximum atomic E-state index is 11.6. The summed E-state index contributed by atoms with van der Waals surface area (Å²) in [4.78, 5) is 22.9. The minimum absolute atomic E-state index is 0.0262. The van der Waals surface area contributed by atoms with Gasteiger partial charge >= 0.3 is 6.09 Å². The van der Waals surface area contributed by atoms with Crippen molar-refractivity contribution in [2.75, 3.05) is 13.1 Å². The van der Waals surface area contributed by atoms with E-state index in [4.69, 9.17) is 4.74 Å². The molecule has 0 saturated heterocycles. The van der Waals surface area contributed by atoms with Crippen molar-refractivity contribution in [1.82, 2.24) is 10.6 Å². The lowest BCUT2D eigenvalue weighted by Crippen LogP contribution is -2.41. The van der Waals surface area contributed by atoms with E-state index < -0.39 is 11.7 Å². The zero-order valence-electron chi connectivity index (χ0n) is 12.3. The van der Waals surface area contributed by atoms with Crippen LogP contribution in [0.5, 0.6) is 0 Å². The van der Waals surface area contributed by atoms with E-state index in [2.05, 4.69) is 10.6 Å². The Morgan fingerprint density at radius 2 is 1.74 bits per heavy atom. The van der Waals surface area contributed by atoms with E-state index in [0.29, 0.717) is 5.92 Å². The molecule has 5 heteroatoms. The average molecular weight is 270 g/mol. The summed E-state index contributed by atoms with van der Waals surface area (Å²) in [5.74, 6) is 0.440. The van der Waals surface area contributed by atoms with E-state index in [9.17, 15) is 9.59 Å². The maximum absolute atomic E-state index is 11.6. The van der Waals surface area contributed by atoms with Crippen LogP contribution in [-0.2, 0) is 9.53 Å². The lowest BCUT2D eigenvalue weighted by atomic mass is 9.89. The van der Waals surface area contributed by atoms with Gasteiger partial charge in [0.05, 0.1) is 6.54 Å². The molecule has 0 aromatic carbocycles. The molecule has 0 heterocycles. The predicted molar refractivity (Wildman–Crippen MR) is 73.8 cm³/mol. The normalized spacial score (nSPS) is 16.8. The Hall–Kier alpha value is -1.26. The standard InChI is InChI=1S/C14H26N2O3/c1-14(2,3)19-13(18)16-10-12(17)15-9-11-7-5-4-6-8-11/h11H,4-10H2,1-3H3,(H,15,17)(H,16,18). The molecule has 0 spiro atoms. The topological polar surface area (TPSA) is 67.4 Å². The van der Waals surface area contributed by atoms with Crippen molar-refractivity contribution in [3.8, 4) is 0 Å². The molecule has 110 valence electrons. The highest BCUT2D eigenvalue weighted by Gasteiger charge is 2.17. The maximum Gasteiger partial charge on any atom is 0.408 e. The van der Waals surface area contributed by atoms with Crippen LogP contribution in [0.2, 0.25) is 0 Å². The largest absolute Gasteiger partial charge is 0.444 e. The molecule has 5 nitrogen and oxygen atoms in total. The van der Waals surface area contributed by atoms with Gasteiger partial charge in [0, 0.05) is 6.54 Å². The van der Waals surface area contributed by atoms with Gasteiger partial charge < -0.3 is 15.4 Å². The fourth-order valence-electron chi connectivity index (χ4n) is 2.18. The Balaban J connectivity index is 2.12.